The average molecular weight is 370 g/mol. The van der Waals surface area contributed by atoms with Gasteiger partial charge in [0.2, 0.25) is 0 Å². The summed E-state index contributed by atoms with van der Waals surface area (Å²) < 4.78 is 1.30. The van der Waals surface area contributed by atoms with Crippen LogP contribution < -0.4 is 16.0 Å². The Bertz CT molecular complexity index is 1470. The molecule has 6 heteroatoms. The SMILES string of the molecule is CN(C)c1ccc2[nH]c3cc4c(=O)[nH]n(-c5ccccc5)c(=O)c4cc3c2c1. The van der Waals surface area contributed by atoms with Crippen LogP contribution >= 0.6 is 0 Å². The fourth-order valence-corrected chi connectivity index (χ4v) is 3.67. The fraction of sp³-hybridized carbons (Fsp3) is 0.0909. The molecule has 28 heavy (non-hydrogen) atoms. The minimum Gasteiger partial charge on any atom is -0.378 e. The van der Waals surface area contributed by atoms with E-state index in [1.165, 1.54) is 4.68 Å². The second-order valence-corrected chi connectivity index (χ2v) is 7.11. The van der Waals surface area contributed by atoms with Gasteiger partial charge in [0.15, 0.2) is 0 Å². The van der Waals surface area contributed by atoms with Crippen molar-refractivity contribution < 1.29 is 0 Å². The van der Waals surface area contributed by atoms with Crippen molar-refractivity contribution in [3.63, 3.8) is 0 Å². The number of H-pyrrole nitrogens is 2. The van der Waals surface area contributed by atoms with Crippen molar-refractivity contribution >= 4 is 38.3 Å². The van der Waals surface area contributed by atoms with Gasteiger partial charge < -0.3 is 9.88 Å². The zero-order valence-corrected chi connectivity index (χ0v) is 15.5. The molecule has 2 aromatic heterocycles. The summed E-state index contributed by atoms with van der Waals surface area (Å²) in [4.78, 5) is 31.2. The van der Waals surface area contributed by atoms with Crippen LogP contribution in [-0.4, -0.2) is 28.9 Å². The van der Waals surface area contributed by atoms with E-state index in [0.717, 1.165) is 27.5 Å². The van der Waals surface area contributed by atoms with E-state index in [0.29, 0.717) is 16.5 Å². The molecule has 0 aliphatic rings. The lowest BCUT2D eigenvalue weighted by molar-refractivity contribution is 0.802. The highest BCUT2D eigenvalue weighted by atomic mass is 16.2. The number of fused-ring (bicyclic) bond motifs is 4. The maximum Gasteiger partial charge on any atom is 0.277 e. The smallest absolute Gasteiger partial charge is 0.277 e. The van der Waals surface area contributed by atoms with Gasteiger partial charge >= 0.3 is 0 Å². The highest BCUT2D eigenvalue weighted by molar-refractivity contribution is 6.12. The second kappa shape index (κ2) is 5.85. The van der Waals surface area contributed by atoms with E-state index < -0.39 is 0 Å². The Morgan fingerprint density at radius 2 is 1.54 bits per heavy atom. The van der Waals surface area contributed by atoms with Crippen molar-refractivity contribution in [2.75, 3.05) is 19.0 Å². The quantitative estimate of drug-likeness (QED) is 0.500. The van der Waals surface area contributed by atoms with Crippen LogP contribution in [0.1, 0.15) is 0 Å². The van der Waals surface area contributed by atoms with Gasteiger partial charge in [-0.25, -0.2) is 4.68 Å². The molecule has 2 N–H and O–H groups in total. The summed E-state index contributed by atoms with van der Waals surface area (Å²) >= 11 is 0. The number of hydrogen-bond donors (Lipinski definition) is 2. The summed E-state index contributed by atoms with van der Waals surface area (Å²) in [6.45, 7) is 0. The highest BCUT2D eigenvalue weighted by Crippen LogP contribution is 2.30. The van der Waals surface area contributed by atoms with E-state index in [2.05, 4.69) is 16.1 Å². The zero-order chi connectivity index (χ0) is 19.4. The minimum absolute atomic E-state index is 0.249. The Morgan fingerprint density at radius 1 is 0.786 bits per heavy atom. The number of aromatic nitrogens is 3. The van der Waals surface area contributed by atoms with Crippen LogP contribution in [0.5, 0.6) is 0 Å². The first-order valence-corrected chi connectivity index (χ1v) is 9.00. The molecule has 2 heterocycles. The van der Waals surface area contributed by atoms with Crippen LogP contribution in [0, 0.1) is 0 Å². The molecule has 0 fully saturated rings. The normalized spacial score (nSPS) is 11.5. The first-order valence-electron chi connectivity index (χ1n) is 9.00. The second-order valence-electron chi connectivity index (χ2n) is 7.11. The standard InChI is InChI=1S/C22H18N4O2/c1-25(2)14-8-9-19-15(10-14)16-11-18-17(12-20(16)23-19)21(27)24-26(22(18)28)13-6-4-3-5-7-13/h3-12,23H,1-2H3,(H,24,27). The van der Waals surface area contributed by atoms with Crippen molar-refractivity contribution in [3.8, 4) is 5.69 Å². The fourth-order valence-electron chi connectivity index (χ4n) is 3.67. The number of rotatable bonds is 2. The van der Waals surface area contributed by atoms with Crippen LogP contribution in [0.4, 0.5) is 5.69 Å². The lowest BCUT2D eigenvalue weighted by Gasteiger charge is -2.12. The summed E-state index contributed by atoms with van der Waals surface area (Å²) in [6, 6.07) is 18.8. The maximum atomic E-state index is 13.1. The molecular weight excluding hydrogens is 352 g/mol. The number of benzene rings is 3. The Hall–Kier alpha value is -3.80. The van der Waals surface area contributed by atoms with Crippen LogP contribution in [0.25, 0.3) is 38.3 Å². The summed E-state index contributed by atoms with van der Waals surface area (Å²) in [7, 11) is 3.98. The molecule has 138 valence electrons. The summed E-state index contributed by atoms with van der Waals surface area (Å²) in [5, 5.41) is 5.41. The Kier molecular flexibility index (Phi) is 3.42. The van der Waals surface area contributed by atoms with Crippen LogP contribution in [0.2, 0.25) is 0 Å². The van der Waals surface area contributed by atoms with Crippen molar-refractivity contribution in [2.45, 2.75) is 0 Å². The Morgan fingerprint density at radius 3 is 2.29 bits per heavy atom. The molecule has 5 aromatic rings. The monoisotopic (exact) mass is 370 g/mol. The molecule has 0 aliphatic carbocycles. The molecule has 5 rings (SSSR count). The predicted octanol–water partition coefficient (Wildman–Crippen LogP) is 3.38. The molecular formula is C22H18N4O2. The summed E-state index contributed by atoms with van der Waals surface area (Å²) in [5.41, 5.74) is 2.95. The van der Waals surface area contributed by atoms with Crippen molar-refractivity contribution in [2.24, 2.45) is 0 Å². The van der Waals surface area contributed by atoms with Gasteiger partial charge in [0, 0.05) is 41.6 Å². The van der Waals surface area contributed by atoms with E-state index in [1.807, 2.05) is 55.4 Å². The molecule has 0 amide bonds. The topological polar surface area (TPSA) is 73.9 Å². The van der Waals surface area contributed by atoms with Gasteiger partial charge in [-0.3, -0.25) is 14.7 Å². The van der Waals surface area contributed by atoms with Gasteiger partial charge in [-0.1, -0.05) is 18.2 Å². The molecule has 6 nitrogen and oxygen atoms in total. The molecule has 0 aliphatic heterocycles. The third-order valence-electron chi connectivity index (χ3n) is 5.14. The maximum absolute atomic E-state index is 13.1. The zero-order valence-electron chi connectivity index (χ0n) is 15.5. The van der Waals surface area contributed by atoms with Crippen LogP contribution in [-0.2, 0) is 0 Å². The van der Waals surface area contributed by atoms with E-state index in [4.69, 9.17) is 0 Å². The Labute approximate surface area is 159 Å². The molecule has 0 bridgehead atoms. The van der Waals surface area contributed by atoms with E-state index in [-0.39, 0.29) is 11.1 Å². The minimum atomic E-state index is -0.298. The number of nitrogens with one attached hydrogen (secondary N) is 2. The molecule has 0 spiro atoms. The van der Waals surface area contributed by atoms with E-state index in [9.17, 15) is 9.59 Å². The number of aromatic amines is 2. The van der Waals surface area contributed by atoms with Gasteiger partial charge in [-0.15, -0.1) is 0 Å². The van der Waals surface area contributed by atoms with Gasteiger partial charge in [0.25, 0.3) is 11.1 Å². The predicted molar refractivity (Wildman–Crippen MR) is 114 cm³/mol. The molecule has 0 radical (unpaired) electrons. The molecule has 0 unspecified atom stereocenters. The first kappa shape index (κ1) is 16.4. The number of nitrogens with zero attached hydrogens (tertiary/aromatic N) is 2. The third-order valence-corrected chi connectivity index (χ3v) is 5.14. The average Bonchev–Trinajstić information content (AvgIpc) is 3.07. The molecule has 0 atom stereocenters. The van der Waals surface area contributed by atoms with Crippen molar-refractivity contribution in [1.82, 2.24) is 14.8 Å². The summed E-state index contributed by atoms with van der Waals surface area (Å²) in [5.74, 6) is 0. The third kappa shape index (κ3) is 2.35. The van der Waals surface area contributed by atoms with E-state index >= 15 is 0 Å². The number of para-hydroxylation sites is 1. The van der Waals surface area contributed by atoms with Gasteiger partial charge in [-0.05, 0) is 42.5 Å². The van der Waals surface area contributed by atoms with E-state index in [1.54, 1.807) is 18.2 Å². The van der Waals surface area contributed by atoms with Gasteiger partial charge in [0.05, 0.1) is 16.5 Å². The molecule has 0 saturated heterocycles. The van der Waals surface area contributed by atoms with Crippen LogP contribution in [0.3, 0.4) is 0 Å². The lowest BCUT2D eigenvalue weighted by Crippen LogP contribution is -2.28. The highest BCUT2D eigenvalue weighted by Gasteiger charge is 2.13. The summed E-state index contributed by atoms with van der Waals surface area (Å²) in [6.07, 6.45) is 0. The molecule has 3 aromatic carbocycles. The first-order chi connectivity index (χ1) is 13.5. The number of hydrogen-bond acceptors (Lipinski definition) is 3. The number of anilines is 1. The van der Waals surface area contributed by atoms with Gasteiger partial charge in [0.1, 0.15) is 0 Å². The van der Waals surface area contributed by atoms with Crippen LogP contribution in [0.15, 0.2) is 70.3 Å². The van der Waals surface area contributed by atoms with Gasteiger partial charge in [-0.2, -0.15) is 0 Å². The van der Waals surface area contributed by atoms with Crippen molar-refractivity contribution in [3.05, 3.63) is 81.4 Å². The lowest BCUT2D eigenvalue weighted by atomic mass is 10.1. The Balaban J connectivity index is 1.89. The molecule has 0 saturated carbocycles. The van der Waals surface area contributed by atoms with Crippen molar-refractivity contribution in [1.29, 1.82) is 0 Å². The largest absolute Gasteiger partial charge is 0.378 e.